The summed E-state index contributed by atoms with van der Waals surface area (Å²) in [6.45, 7) is 0. The molecule has 0 saturated heterocycles. The van der Waals surface area contributed by atoms with Crippen molar-refractivity contribution in [2.45, 2.75) is 6.18 Å². The van der Waals surface area contributed by atoms with Gasteiger partial charge in [-0.1, -0.05) is 0 Å². The monoisotopic (exact) mass is 382 g/mol. The van der Waals surface area contributed by atoms with Gasteiger partial charge in [0.15, 0.2) is 11.5 Å². The summed E-state index contributed by atoms with van der Waals surface area (Å²) in [5.41, 5.74) is -1.64. The largest absolute Gasteiger partial charge is 0.435 e. The van der Waals surface area contributed by atoms with E-state index in [4.69, 9.17) is 0 Å². The average molecular weight is 382 g/mol. The van der Waals surface area contributed by atoms with Gasteiger partial charge in [0.25, 0.3) is 5.91 Å². The second kappa shape index (κ2) is 6.78. The Morgan fingerprint density at radius 3 is 2.44 bits per heavy atom. The van der Waals surface area contributed by atoms with Crippen molar-refractivity contribution in [3.05, 3.63) is 65.6 Å². The minimum atomic E-state index is -4.66. The Bertz CT molecular complexity index is 1010. The molecule has 3 aromatic rings. The molecule has 5 nitrogen and oxygen atoms in total. The van der Waals surface area contributed by atoms with Crippen LogP contribution in [-0.4, -0.2) is 20.7 Å². The molecule has 1 aromatic carbocycles. The molecule has 0 fully saturated rings. The van der Waals surface area contributed by atoms with E-state index in [0.717, 1.165) is 29.1 Å². The Kier molecular flexibility index (Phi) is 4.64. The number of nitrogens with zero attached hydrogens (tertiary/aromatic N) is 3. The number of aromatic nitrogens is 3. The van der Waals surface area contributed by atoms with Crippen molar-refractivity contribution >= 4 is 11.6 Å². The van der Waals surface area contributed by atoms with E-state index in [9.17, 15) is 26.7 Å². The van der Waals surface area contributed by atoms with Crippen LogP contribution in [0.5, 0.6) is 0 Å². The lowest BCUT2D eigenvalue weighted by molar-refractivity contribution is -0.141. The molecule has 0 aliphatic heterocycles. The third-order valence-electron chi connectivity index (χ3n) is 3.69. The van der Waals surface area contributed by atoms with E-state index in [1.165, 1.54) is 25.4 Å². The van der Waals surface area contributed by atoms with E-state index < -0.39 is 29.4 Å². The zero-order valence-corrected chi connectivity index (χ0v) is 13.7. The van der Waals surface area contributed by atoms with Crippen molar-refractivity contribution in [2.75, 3.05) is 5.32 Å². The van der Waals surface area contributed by atoms with Crippen LogP contribution in [0.1, 0.15) is 16.1 Å². The summed E-state index contributed by atoms with van der Waals surface area (Å²) in [6, 6.07) is 5.29. The van der Waals surface area contributed by atoms with Crippen LogP contribution in [0.3, 0.4) is 0 Å². The van der Waals surface area contributed by atoms with Crippen molar-refractivity contribution in [3.63, 3.8) is 0 Å². The fourth-order valence-electron chi connectivity index (χ4n) is 2.42. The Morgan fingerprint density at radius 1 is 1.11 bits per heavy atom. The number of alkyl halides is 3. The molecule has 2 aromatic heterocycles. The fraction of sp³-hybridized carbons (Fsp3) is 0.118. The minimum absolute atomic E-state index is 0.00988. The number of carbonyl (C=O) groups is 1. The van der Waals surface area contributed by atoms with Crippen LogP contribution < -0.4 is 5.32 Å². The molecule has 27 heavy (non-hydrogen) atoms. The average Bonchev–Trinajstić information content (AvgIpc) is 2.97. The number of aryl methyl sites for hydroxylation is 1. The van der Waals surface area contributed by atoms with Crippen LogP contribution in [0, 0.1) is 11.6 Å². The van der Waals surface area contributed by atoms with Gasteiger partial charge in [0.05, 0.1) is 17.5 Å². The molecule has 0 unspecified atom stereocenters. The van der Waals surface area contributed by atoms with Gasteiger partial charge in [0, 0.05) is 24.5 Å². The van der Waals surface area contributed by atoms with Crippen molar-refractivity contribution < 1.29 is 26.7 Å². The summed E-state index contributed by atoms with van der Waals surface area (Å²) in [6.07, 6.45) is -2.57. The van der Waals surface area contributed by atoms with Crippen molar-refractivity contribution in [1.29, 1.82) is 0 Å². The van der Waals surface area contributed by atoms with E-state index in [1.807, 2.05) is 0 Å². The Hall–Kier alpha value is -3.30. The molecular formula is C17H11F5N4O. The van der Waals surface area contributed by atoms with Gasteiger partial charge < -0.3 is 5.32 Å². The molecule has 2 heterocycles. The number of hydrogen-bond acceptors (Lipinski definition) is 3. The summed E-state index contributed by atoms with van der Waals surface area (Å²) in [4.78, 5) is 15.5. The zero-order chi connectivity index (χ0) is 19.8. The lowest BCUT2D eigenvalue weighted by Crippen LogP contribution is -2.14. The van der Waals surface area contributed by atoms with Gasteiger partial charge >= 0.3 is 6.18 Å². The number of carbonyl (C=O) groups excluding carboxylic acids is 1. The molecule has 0 atom stereocenters. The molecule has 1 N–H and O–H groups in total. The molecule has 140 valence electrons. The quantitative estimate of drug-likeness (QED) is 0.696. The van der Waals surface area contributed by atoms with E-state index in [0.29, 0.717) is 0 Å². The summed E-state index contributed by atoms with van der Waals surface area (Å²) >= 11 is 0. The van der Waals surface area contributed by atoms with Crippen LogP contribution in [0.4, 0.5) is 27.6 Å². The maximum atomic E-state index is 14.4. The first-order valence-corrected chi connectivity index (χ1v) is 7.49. The predicted octanol–water partition coefficient (Wildman–Crippen LogP) is 4.03. The van der Waals surface area contributed by atoms with E-state index in [1.54, 1.807) is 0 Å². The van der Waals surface area contributed by atoms with Gasteiger partial charge in [-0.3, -0.25) is 14.5 Å². The van der Waals surface area contributed by atoms with Crippen LogP contribution in [0.25, 0.3) is 11.3 Å². The Morgan fingerprint density at radius 2 is 1.85 bits per heavy atom. The number of pyridine rings is 1. The van der Waals surface area contributed by atoms with Crippen LogP contribution in [-0.2, 0) is 13.2 Å². The second-order valence-corrected chi connectivity index (χ2v) is 5.54. The lowest BCUT2D eigenvalue weighted by atomic mass is 10.1. The molecule has 10 heteroatoms. The van der Waals surface area contributed by atoms with Gasteiger partial charge in [-0.15, -0.1) is 0 Å². The molecule has 3 rings (SSSR count). The Labute approximate surface area is 149 Å². The smallest absolute Gasteiger partial charge is 0.322 e. The van der Waals surface area contributed by atoms with Crippen LogP contribution in [0.2, 0.25) is 0 Å². The SMILES string of the molecule is Cn1nc(C(F)(F)F)cc1-c1ccc(NC(=O)c2ccncc2F)cc1F. The van der Waals surface area contributed by atoms with Crippen molar-refractivity contribution in [3.8, 4) is 11.3 Å². The standard InChI is InChI=1S/C17H11F5N4O/c1-26-14(7-15(25-26)17(20,21)22)10-3-2-9(6-12(10)18)24-16(27)11-4-5-23-8-13(11)19/h2-8H,1H3,(H,24,27). The number of nitrogens with one attached hydrogen (secondary N) is 1. The first-order valence-electron chi connectivity index (χ1n) is 7.49. The number of anilines is 1. The van der Waals surface area contributed by atoms with E-state index >= 15 is 0 Å². The number of hydrogen-bond donors (Lipinski definition) is 1. The molecule has 0 saturated carbocycles. The number of benzene rings is 1. The van der Waals surface area contributed by atoms with Crippen molar-refractivity contribution in [1.82, 2.24) is 14.8 Å². The summed E-state index contributed by atoms with van der Waals surface area (Å²) in [7, 11) is 1.26. The van der Waals surface area contributed by atoms with Crippen molar-refractivity contribution in [2.24, 2.45) is 7.05 Å². The first kappa shape index (κ1) is 18.5. The number of rotatable bonds is 3. The highest BCUT2D eigenvalue weighted by Crippen LogP contribution is 2.32. The minimum Gasteiger partial charge on any atom is -0.322 e. The highest BCUT2D eigenvalue weighted by molar-refractivity contribution is 6.04. The number of amides is 1. The highest BCUT2D eigenvalue weighted by atomic mass is 19.4. The van der Waals surface area contributed by atoms with Gasteiger partial charge in [-0.25, -0.2) is 8.78 Å². The third-order valence-corrected chi connectivity index (χ3v) is 3.69. The number of halogens is 5. The molecule has 0 aliphatic rings. The van der Waals surface area contributed by atoms with E-state index in [2.05, 4.69) is 15.4 Å². The van der Waals surface area contributed by atoms with Gasteiger partial charge in [-0.05, 0) is 30.3 Å². The predicted molar refractivity (Wildman–Crippen MR) is 85.8 cm³/mol. The van der Waals surface area contributed by atoms with E-state index in [-0.39, 0.29) is 22.5 Å². The van der Waals surface area contributed by atoms with Gasteiger partial charge in [-0.2, -0.15) is 18.3 Å². The fourth-order valence-corrected chi connectivity index (χ4v) is 2.42. The molecule has 0 radical (unpaired) electrons. The second-order valence-electron chi connectivity index (χ2n) is 5.54. The Balaban J connectivity index is 1.88. The normalized spacial score (nSPS) is 11.5. The summed E-state index contributed by atoms with van der Waals surface area (Å²) in [5, 5.41) is 5.64. The molecule has 0 bridgehead atoms. The lowest BCUT2D eigenvalue weighted by Gasteiger charge is -2.09. The van der Waals surface area contributed by atoms with Crippen LogP contribution >= 0.6 is 0 Å². The molecule has 0 spiro atoms. The highest BCUT2D eigenvalue weighted by Gasteiger charge is 2.35. The zero-order valence-electron chi connectivity index (χ0n) is 13.7. The summed E-state index contributed by atoms with van der Waals surface area (Å²) < 4.78 is 67.1. The van der Waals surface area contributed by atoms with Gasteiger partial charge in [0.2, 0.25) is 0 Å². The third kappa shape index (κ3) is 3.78. The maximum Gasteiger partial charge on any atom is 0.435 e. The van der Waals surface area contributed by atoms with Gasteiger partial charge in [0.1, 0.15) is 5.82 Å². The molecule has 1 amide bonds. The summed E-state index contributed by atoms with van der Waals surface area (Å²) in [5.74, 6) is -2.54. The molecule has 0 aliphatic carbocycles. The maximum absolute atomic E-state index is 14.4. The molecular weight excluding hydrogens is 371 g/mol. The first-order chi connectivity index (χ1) is 12.7. The topological polar surface area (TPSA) is 59.8 Å². The van der Waals surface area contributed by atoms with Crippen LogP contribution in [0.15, 0.2) is 42.7 Å².